The molecule has 6 nitrogen and oxygen atoms in total. The van der Waals surface area contributed by atoms with E-state index >= 15 is 0 Å². The molecule has 160 valence electrons. The fraction of sp³-hybridized carbons (Fsp3) is 0.682. The molecule has 0 radical (unpaired) electrons. The number of carbonyl (C=O) groups is 1. The van der Waals surface area contributed by atoms with Crippen LogP contribution >= 0.6 is 0 Å². The Hall–Kier alpha value is -1.79. The number of aliphatic hydroxyl groups excluding tert-OH is 1. The lowest BCUT2D eigenvalue weighted by atomic mass is 10.0. The van der Waals surface area contributed by atoms with E-state index in [-0.39, 0.29) is 18.2 Å². The van der Waals surface area contributed by atoms with Gasteiger partial charge in [-0.15, -0.1) is 0 Å². The molecule has 0 aliphatic carbocycles. The average Bonchev–Trinajstić information content (AvgIpc) is 2.72. The molecule has 1 atom stereocenters. The summed E-state index contributed by atoms with van der Waals surface area (Å²) in [4.78, 5) is 15.8. The molecule has 1 aliphatic heterocycles. The zero-order valence-corrected chi connectivity index (χ0v) is 18.3. The third-order valence-electron chi connectivity index (χ3n) is 5.01. The van der Waals surface area contributed by atoms with Crippen LogP contribution in [0, 0.1) is 0 Å². The largest absolute Gasteiger partial charge is 0.453 e. The first-order valence-electron chi connectivity index (χ1n) is 10.6. The zero-order valence-electron chi connectivity index (χ0n) is 18.3. The Kier molecular flexibility index (Phi) is 11.6. The van der Waals surface area contributed by atoms with E-state index in [4.69, 9.17) is 0 Å². The predicted molar refractivity (Wildman–Crippen MR) is 116 cm³/mol. The van der Waals surface area contributed by atoms with Gasteiger partial charge >= 0.3 is 6.09 Å². The van der Waals surface area contributed by atoms with Gasteiger partial charge < -0.3 is 20.1 Å². The van der Waals surface area contributed by atoms with Crippen molar-refractivity contribution in [2.45, 2.75) is 59.1 Å². The zero-order chi connectivity index (χ0) is 20.9. The van der Waals surface area contributed by atoms with E-state index in [1.54, 1.807) is 0 Å². The fourth-order valence-electron chi connectivity index (χ4n) is 3.30. The number of hydrogen-bond acceptors (Lipinski definition) is 5. The van der Waals surface area contributed by atoms with Crippen molar-refractivity contribution in [3.05, 3.63) is 29.8 Å². The van der Waals surface area contributed by atoms with Gasteiger partial charge in [-0.2, -0.15) is 0 Å². The van der Waals surface area contributed by atoms with Crippen molar-refractivity contribution in [2.75, 3.05) is 44.7 Å². The van der Waals surface area contributed by atoms with Crippen LogP contribution < -0.4 is 10.2 Å². The van der Waals surface area contributed by atoms with Gasteiger partial charge in [0.1, 0.15) is 0 Å². The number of nitrogens with zero attached hydrogens (tertiary/aromatic N) is 2. The summed E-state index contributed by atoms with van der Waals surface area (Å²) >= 11 is 0. The summed E-state index contributed by atoms with van der Waals surface area (Å²) in [5.74, 6) is 0. The van der Waals surface area contributed by atoms with Gasteiger partial charge in [-0.25, -0.2) is 4.79 Å². The molecule has 1 heterocycles. The van der Waals surface area contributed by atoms with Crippen molar-refractivity contribution in [3.8, 4) is 0 Å². The molecule has 0 saturated carbocycles. The number of nitrogens with one attached hydrogen (secondary N) is 1. The molecule has 0 aromatic heterocycles. The van der Waals surface area contributed by atoms with E-state index in [1.807, 2.05) is 0 Å². The summed E-state index contributed by atoms with van der Waals surface area (Å²) in [7, 11) is 1.38. The molecule has 1 aromatic rings. The van der Waals surface area contributed by atoms with Crippen molar-refractivity contribution >= 4 is 11.8 Å². The molecular weight excluding hydrogens is 354 g/mol. The van der Waals surface area contributed by atoms with Gasteiger partial charge in [0.25, 0.3) is 0 Å². The smallest absolute Gasteiger partial charge is 0.406 e. The highest BCUT2D eigenvalue weighted by molar-refractivity contribution is 5.66. The number of amides is 1. The maximum absolute atomic E-state index is 11.2. The number of aliphatic hydroxyl groups is 1. The average molecular weight is 394 g/mol. The number of carbonyl (C=O) groups excluding carboxylic acids is 1. The third-order valence-corrected chi connectivity index (χ3v) is 5.01. The van der Waals surface area contributed by atoms with Crippen LogP contribution in [0.5, 0.6) is 0 Å². The highest BCUT2D eigenvalue weighted by Gasteiger charge is 2.18. The third kappa shape index (κ3) is 8.07. The van der Waals surface area contributed by atoms with Crippen LogP contribution in [-0.4, -0.2) is 62.0 Å². The van der Waals surface area contributed by atoms with Crippen molar-refractivity contribution in [3.63, 3.8) is 0 Å². The molecule has 0 spiro atoms. The van der Waals surface area contributed by atoms with E-state index in [0.29, 0.717) is 6.54 Å². The summed E-state index contributed by atoms with van der Waals surface area (Å²) in [6, 6.07) is 8.98. The first kappa shape index (κ1) is 24.2. The molecule has 1 aromatic carbocycles. The summed E-state index contributed by atoms with van der Waals surface area (Å²) < 4.78 is 4.60. The van der Waals surface area contributed by atoms with Crippen LogP contribution in [0.4, 0.5) is 10.5 Å². The van der Waals surface area contributed by atoms with Crippen molar-refractivity contribution < 1.29 is 14.6 Å². The van der Waals surface area contributed by atoms with Crippen LogP contribution in [0.2, 0.25) is 0 Å². The van der Waals surface area contributed by atoms with Gasteiger partial charge in [-0.1, -0.05) is 39.3 Å². The first-order valence-corrected chi connectivity index (χ1v) is 10.6. The lowest BCUT2D eigenvalue weighted by Gasteiger charge is -2.32. The van der Waals surface area contributed by atoms with E-state index in [2.05, 4.69) is 71.8 Å². The van der Waals surface area contributed by atoms with Crippen molar-refractivity contribution in [1.29, 1.82) is 0 Å². The Balaban J connectivity index is 0.00000122. The number of ether oxygens (including phenoxy) is 1. The summed E-state index contributed by atoms with van der Waals surface area (Å²) in [5.41, 5.74) is 2.49. The van der Waals surface area contributed by atoms with E-state index in [9.17, 15) is 9.90 Å². The van der Waals surface area contributed by atoms with Crippen LogP contribution in [0.15, 0.2) is 24.3 Å². The lowest BCUT2D eigenvalue weighted by molar-refractivity contribution is 0.145. The standard InChI is InChI=1S/C19H31N3O3.C3H8/c1-4-21(14-11-20-19(24)25-3)15(2)16-5-7-17(8-6-16)22-12-9-18(23)10-13-22;1-3-2/h5-8,15,18,23H,4,9-14H2,1-3H3,(H,20,24);3H2,1-2H3. The van der Waals surface area contributed by atoms with Gasteiger partial charge in [-0.3, -0.25) is 4.90 Å². The summed E-state index contributed by atoms with van der Waals surface area (Å²) in [5, 5.41) is 12.4. The molecule has 2 N–H and O–H groups in total. The highest BCUT2D eigenvalue weighted by Crippen LogP contribution is 2.25. The molecule has 2 rings (SSSR count). The molecule has 1 aliphatic rings. The molecule has 0 bridgehead atoms. The molecule has 28 heavy (non-hydrogen) atoms. The number of anilines is 1. The van der Waals surface area contributed by atoms with E-state index in [0.717, 1.165) is 39.0 Å². The summed E-state index contributed by atoms with van der Waals surface area (Å²) in [6.45, 7) is 12.6. The molecular formula is C22H39N3O3. The number of methoxy groups -OCH3 is 1. The minimum atomic E-state index is -0.389. The van der Waals surface area contributed by atoms with Gasteiger partial charge in [0.15, 0.2) is 0 Å². The maximum Gasteiger partial charge on any atom is 0.406 e. The maximum atomic E-state index is 11.2. The highest BCUT2D eigenvalue weighted by atomic mass is 16.5. The minimum absolute atomic E-state index is 0.146. The fourth-order valence-corrected chi connectivity index (χ4v) is 3.30. The quantitative estimate of drug-likeness (QED) is 0.738. The molecule has 1 amide bonds. The molecule has 6 heteroatoms. The lowest BCUT2D eigenvalue weighted by Crippen LogP contribution is -2.36. The molecule has 1 fully saturated rings. The monoisotopic (exact) mass is 393 g/mol. The number of piperidine rings is 1. The van der Waals surface area contributed by atoms with Gasteiger partial charge in [0.05, 0.1) is 13.2 Å². The Labute approximate surface area is 170 Å². The van der Waals surface area contributed by atoms with Gasteiger partial charge in [0.2, 0.25) is 0 Å². The summed E-state index contributed by atoms with van der Waals surface area (Å²) in [6.07, 6.45) is 2.40. The number of benzene rings is 1. The van der Waals surface area contributed by atoms with E-state index < -0.39 is 0 Å². The minimum Gasteiger partial charge on any atom is -0.453 e. The van der Waals surface area contributed by atoms with Crippen LogP contribution in [0.25, 0.3) is 0 Å². The first-order chi connectivity index (χ1) is 13.5. The number of likely N-dealkylation sites (N-methyl/N-ethyl adjacent to an activating group) is 1. The van der Waals surface area contributed by atoms with Crippen molar-refractivity contribution in [1.82, 2.24) is 10.2 Å². The Morgan fingerprint density at radius 2 is 1.82 bits per heavy atom. The Morgan fingerprint density at radius 3 is 2.32 bits per heavy atom. The Bertz CT molecular complexity index is 542. The molecule has 1 saturated heterocycles. The number of alkyl carbamates (subject to hydrolysis) is 1. The normalized spacial score (nSPS) is 15.6. The topological polar surface area (TPSA) is 65.0 Å². The van der Waals surface area contributed by atoms with E-state index in [1.165, 1.54) is 24.8 Å². The molecule has 1 unspecified atom stereocenters. The van der Waals surface area contributed by atoms with Crippen LogP contribution in [0.1, 0.15) is 58.6 Å². The van der Waals surface area contributed by atoms with Gasteiger partial charge in [-0.05, 0) is 44.0 Å². The predicted octanol–water partition coefficient (Wildman–Crippen LogP) is 3.80. The van der Waals surface area contributed by atoms with Gasteiger partial charge in [0, 0.05) is 37.9 Å². The second-order valence-corrected chi connectivity index (χ2v) is 7.24. The number of rotatable bonds is 7. The van der Waals surface area contributed by atoms with Crippen molar-refractivity contribution in [2.24, 2.45) is 0 Å². The number of hydrogen-bond donors (Lipinski definition) is 2. The van der Waals surface area contributed by atoms with Crippen LogP contribution in [0.3, 0.4) is 0 Å². The SMILES string of the molecule is CCC.CCN(CCNC(=O)OC)C(C)c1ccc(N2CCC(O)CC2)cc1. The second-order valence-electron chi connectivity index (χ2n) is 7.24. The van der Waals surface area contributed by atoms with Crippen LogP contribution in [-0.2, 0) is 4.74 Å². The second kappa shape index (κ2) is 13.4. The Morgan fingerprint density at radius 1 is 1.25 bits per heavy atom.